The van der Waals surface area contributed by atoms with Crippen molar-refractivity contribution in [1.82, 2.24) is 4.90 Å². The molecule has 0 atom stereocenters. The summed E-state index contributed by atoms with van der Waals surface area (Å²) in [5.41, 5.74) is 1.32. The van der Waals surface area contributed by atoms with Crippen LogP contribution in [0.1, 0.15) is 21.5 Å². The fourth-order valence-electron chi connectivity index (χ4n) is 3.21. The van der Waals surface area contributed by atoms with Gasteiger partial charge in [-0.25, -0.2) is 9.18 Å². The number of nitrogens with zero attached hydrogens (tertiary/aromatic N) is 1. The van der Waals surface area contributed by atoms with Crippen molar-refractivity contribution in [2.75, 3.05) is 7.11 Å². The molecule has 4 rings (SSSR count). The third-order valence-corrected chi connectivity index (χ3v) is 6.50. The topological polar surface area (TPSA) is 72.9 Å². The van der Waals surface area contributed by atoms with E-state index in [9.17, 15) is 18.8 Å². The highest BCUT2D eigenvalue weighted by molar-refractivity contribution is 8.18. The molecule has 0 radical (unpaired) electrons. The summed E-state index contributed by atoms with van der Waals surface area (Å²) in [5.74, 6) is -1.16. The Bertz CT molecular complexity index is 1360. The normalized spacial score (nSPS) is 14.5. The second-order valence-electron chi connectivity index (χ2n) is 7.31. The molecule has 0 bridgehead atoms. The van der Waals surface area contributed by atoms with Crippen LogP contribution < -0.4 is 9.47 Å². The van der Waals surface area contributed by atoms with Crippen LogP contribution in [0.3, 0.4) is 0 Å². The third kappa shape index (κ3) is 5.67. The van der Waals surface area contributed by atoms with Crippen molar-refractivity contribution in [3.05, 3.63) is 98.1 Å². The molecule has 0 saturated carbocycles. The molecule has 0 N–H and O–H groups in total. The Labute approximate surface area is 214 Å². The maximum Gasteiger partial charge on any atom is 0.343 e. The quantitative estimate of drug-likeness (QED) is 0.203. The summed E-state index contributed by atoms with van der Waals surface area (Å²) in [4.78, 5) is 38.9. The van der Waals surface area contributed by atoms with E-state index in [1.54, 1.807) is 36.4 Å². The van der Waals surface area contributed by atoms with Gasteiger partial charge in [0, 0.05) is 10.0 Å². The molecule has 35 heavy (non-hydrogen) atoms. The van der Waals surface area contributed by atoms with Crippen molar-refractivity contribution in [2.45, 2.75) is 6.54 Å². The lowest BCUT2D eigenvalue weighted by Gasteiger charge is -2.13. The number of rotatable bonds is 6. The van der Waals surface area contributed by atoms with E-state index in [1.807, 2.05) is 0 Å². The van der Waals surface area contributed by atoms with Gasteiger partial charge in [-0.3, -0.25) is 14.5 Å². The van der Waals surface area contributed by atoms with Crippen LogP contribution >= 0.6 is 35.0 Å². The van der Waals surface area contributed by atoms with Gasteiger partial charge in [-0.15, -0.1) is 0 Å². The zero-order valence-electron chi connectivity index (χ0n) is 18.1. The monoisotopic (exact) mass is 531 g/mol. The van der Waals surface area contributed by atoms with Crippen molar-refractivity contribution in [3.8, 4) is 11.5 Å². The summed E-state index contributed by atoms with van der Waals surface area (Å²) < 4.78 is 24.1. The average Bonchev–Trinajstić information content (AvgIpc) is 3.09. The summed E-state index contributed by atoms with van der Waals surface area (Å²) in [6.45, 7) is -0.0793. The first-order valence-corrected chi connectivity index (χ1v) is 11.7. The number of methoxy groups -OCH3 is 1. The molecule has 0 aliphatic carbocycles. The zero-order chi connectivity index (χ0) is 25.1. The molecule has 178 valence electrons. The first-order chi connectivity index (χ1) is 16.7. The lowest BCUT2D eigenvalue weighted by Crippen LogP contribution is -2.27. The van der Waals surface area contributed by atoms with Crippen molar-refractivity contribution < 1.29 is 28.2 Å². The van der Waals surface area contributed by atoms with Crippen LogP contribution in [-0.2, 0) is 11.3 Å². The Morgan fingerprint density at radius 3 is 2.46 bits per heavy atom. The van der Waals surface area contributed by atoms with Gasteiger partial charge in [-0.1, -0.05) is 35.3 Å². The SMILES string of the molecule is COc1cc(/C=C2\SC(=O)N(Cc3ccc(F)cc3Cl)C2=O)ccc1OC(=O)c1ccc(Cl)cc1. The Balaban J connectivity index is 1.52. The first-order valence-electron chi connectivity index (χ1n) is 10.1. The Kier molecular flexibility index (Phi) is 7.45. The molecule has 1 heterocycles. The summed E-state index contributed by atoms with van der Waals surface area (Å²) in [5, 5.41) is 0.150. The van der Waals surface area contributed by atoms with E-state index in [0.717, 1.165) is 22.7 Å². The van der Waals surface area contributed by atoms with Gasteiger partial charge in [0.15, 0.2) is 11.5 Å². The Hall–Kier alpha value is -3.33. The van der Waals surface area contributed by atoms with Gasteiger partial charge in [-0.05, 0) is 77.5 Å². The fourth-order valence-corrected chi connectivity index (χ4v) is 4.40. The number of esters is 1. The van der Waals surface area contributed by atoms with Crippen LogP contribution in [0, 0.1) is 5.82 Å². The highest BCUT2D eigenvalue weighted by Crippen LogP contribution is 2.36. The Morgan fingerprint density at radius 2 is 1.77 bits per heavy atom. The van der Waals surface area contributed by atoms with Gasteiger partial charge in [-0.2, -0.15) is 0 Å². The number of halogens is 3. The molecule has 1 aliphatic heterocycles. The summed E-state index contributed by atoms with van der Waals surface area (Å²) in [6, 6.07) is 14.7. The minimum absolute atomic E-state index is 0.0793. The highest BCUT2D eigenvalue weighted by atomic mass is 35.5. The summed E-state index contributed by atoms with van der Waals surface area (Å²) in [6.07, 6.45) is 1.53. The molecule has 1 saturated heterocycles. The van der Waals surface area contributed by atoms with Crippen molar-refractivity contribution in [2.24, 2.45) is 0 Å². The molecule has 3 aromatic rings. The minimum atomic E-state index is -0.590. The number of benzene rings is 3. The molecule has 6 nitrogen and oxygen atoms in total. The van der Waals surface area contributed by atoms with E-state index in [2.05, 4.69) is 0 Å². The third-order valence-electron chi connectivity index (χ3n) is 4.99. The van der Waals surface area contributed by atoms with Crippen LogP contribution in [0.2, 0.25) is 10.0 Å². The lowest BCUT2D eigenvalue weighted by molar-refractivity contribution is -0.123. The maximum absolute atomic E-state index is 13.3. The molecule has 0 aromatic heterocycles. The molecule has 2 amide bonds. The Morgan fingerprint density at radius 1 is 1.03 bits per heavy atom. The number of carbonyl (C=O) groups is 3. The van der Waals surface area contributed by atoms with Gasteiger partial charge in [0.25, 0.3) is 11.1 Å². The molecular formula is C25H16Cl2FNO5S. The standard InChI is InChI=1S/C25H16Cl2FNO5S/c1-33-21-10-14(2-9-20(21)34-24(31)15-3-6-17(26)7-4-15)11-22-23(30)29(25(32)35-22)13-16-5-8-18(28)12-19(16)27/h2-12H,13H2,1H3/b22-11-. The molecule has 3 aromatic carbocycles. The van der Waals surface area contributed by atoms with Crippen LogP contribution in [0.25, 0.3) is 6.08 Å². The maximum atomic E-state index is 13.3. The molecule has 1 fully saturated rings. The van der Waals surface area contributed by atoms with E-state index in [4.69, 9.17) is 32.7 Å². The van der Waals surface area contributed by atoms with Gasteiger partial charge < -0.3 is 9.47 Å². The number of thioether (sulfide) groups is 1. The second-order valence-corrected chi connectivity index (χ2v) is 9.15. The fraction of sp³-hybridized carbons (Fsp3) is 0.0800. The van der Waals surface area contributed by atoms with E-state index in [-0.39, 0.29) is 28.0 Å². The summed E-state index contributed by atoms with van der Waals surface area (Å²) in [7, 11) is 1.42. The van der Waals surface area contributed by atoms with Crippen LogP contribution in [0.5, 0.6) is 11.5 Å². The number of hydrogen-bond donors (Lipinski definition) is 0. The number of hydrogen-bond acceptors (Lipinski definition) is 6. The molecule has 0 unspecified atom stereocenters. The molecular weight excluding hydrogens is 516 g/mol. The number of imide groups is 1. The highest BCUT2D eigenvalue weighted by Gasteiger charge is 2.35. The van der Waals surface area contributed by atoms with E-state index in [1.165, 1.54) is 31.4 Å². The minimum Gasteiger partial charge on any atom is -0.493 e. The van der Waals surface area contributed by atoms with Gasteiger partial charge in [0.1, 0.15) is 5.82 Å². The van der Waals surface area contributed by atoms with E-state index >= 15 is 0 Å². The predicted molar refractivity (Wildman–Crippen MR) is 132 cm³/mol. The smallest absolute Gasteiger partial charge is 0.343 e. The van der Waals surface area contributed by atoms with Crippen molar-refractivity contribution >= 4 is 58.2 Å². The van der Waals surface area contributed by atoms with Crippen LogP contribution in [-0.4, -0.2) is 29.1 Å². The zero-order valence-corrected chi connectivity index (χ0v) is 20.4. The predicted octanol–water partition coefficient (Wildman–Crippen LogP) is 6.60. The number of ether oxygens (including phenoxy) is 2. The van der Waals surface area contributed by atoms with Crippen molar-refractivity contribution in [3.63, 3.8) is 0 Å². The van der Waals surface area contributed by atoms with Gasteiger partial charge in [0.2, 0.25) is 0 Å². The largest absolute Gasteiger partial charge is 0.493 e. The number of carbonyl (C=O) groups excluding carboxylic acids is 3. The van der Waals surface area contributed by atoms with Crippen LogP contribution in [0.15, 0.2) is 65.6 Å². The van der Waals surface area contributed by atoms with E-state index < -0.39 is 22.9 Å². The van der Waals surface area contributed by atoms with Gasteiger partial charge >= 0.3 is 5.97 Å². The van der Waals surface area contributed by atoms with Gasteiger partial charge in [0.05, 0.1) is 24.1 Å². The number of amides is 2. The van der Waals surface area contributed by atoms with Crippen molar-refractivity contribution in [1.29, 1.82) is 0 Å². The molecule has 10 heteroatoms. The first kappa shape index (κ1) is 24.8. The molecule has 1 aliphatic rings. The summed E-state index contributed by atoms with van der Waals surface area (Å²) >= 11 is 12.7. The second kappa shape index (κ2) is 10.5. The lowest BCUT2D eigenvalue weighted by atomic mass is 10.1. The van der Waals surface area contributed by atoms with Crippen LogP contribution in [0.4, 0.5) is 9.18 Å². The average molecular weight is 532 g/mol. The van der Waals surface area contributed by atoms with E-state index in [0.29, 0.717) is 21.7 Å². The molecule has 0 spiro atoms.